The minimum Gasteiger partial charge on any atom is -0.379 e. The minimum absolute atomic E-state index is 0.472. The van der Waals surface area contributed by atoms with E-state index >= 15 is 0 Å². The lowest BCUT2D eigenvalue weighted by Crippen LogP contribution is -2.44. The van der Waals surface area contributed by atoms with E-state index in [0.717, 1.165) is 57.8 Å². The lowest BCUT2D eigenvalue weighted by atomic mass is 10.1. The summed E-state index contributed by atoms with van der Waals surface area (Å²) in [4.78, 5) is 7.17. The first-order chi connectivity index (χ1) is 10.1. The van der Waals surface area contributed by atoms with E-state index in [2.05, 4.69) is 43.2 Å². The Morgan fingerprint density at radius 3 is 2.52 bits per heavy atom. The summed E-state index contributed by atoms with van der Waals surface area (Å²) in [6, 6.07) is 0.472. The summed E-state index contributed by atoms with van der Waals surface area (Å²) in [5.74, 6) is 1.72. The van der Waals surface area contributed by atoms with Gasteiger partial charge in [-0.25, -0.2) is 0 Å². The molecule has 21 heavy (non-hydrogen) atoms. The zero-order valence-corrected chi connectivity index (χ0v) is 14.3. The zero-order chi connectivity index (χ0) is 15.5. The van der Waals surface area contributed by atoms with Gasteiger partial charge in [0.25, 0.3) is 0 Å². The fourth-order valence-corrected chi connectivity index (χ4v) is 2.42. The Morgan fingerprint density at radius 2 is 1.90 bits per heavy atom. The summed E-state index contributed by atoms with van der Waals surface area (Å²) >= 11 is 0. The van der Waals surface area contributed by atoms with E-state index in [1.165, 1.54) is 12.8 Å². The van der Waals surface area contributed by atoms with Gasteiger partial charge >= 0.3 is 0 Å². The Morgan fingerprint density at radius 1 is 1.19 bits per heavy atom. The van der Waals surface area contributed by atoms with Crippen molar-refractivity contribution in [2.45, 2.75) is 46.6 Å². The van der Waals surface area contributed by atoms with Crippen molar-refractivity contribution in [3.05, 3.63) is 0 Å². The fraction of sp³-hybridized carbons (Fsp3) is 0.938. The lowest BCUT2D eigenvalue weighted by molar-refractivity contribution is 0.0220. The number of ether oxygens (including phenoxy) is 1. The van der Waals surface area contributed by atoms with Gasteiger partial charge in [-0.05, 0) is 32.6 Å². The maximum absolute atomic E-state index is 5.40. The molecule has 1 fully saturated rings. The molecule has 1 aliphatic heterocycles. The molecular formula is C16H34N4O. The van der Waals surface area contributed by atoms with Gasteiger partial charge in [0, 0.05) is 32.2 Å². The summed E-state index contributed by atoms with van der Waals surface area (Å²) in [6.45, 7) is 15.4. The molecule has 5 heteroatoms. The van der Waals surface area contributed by atoms with Crippen LogP contribution >= 0.6 is 0 Å². The molecule has 5 nitrogen and oxygen atoms in total. The monoisotopic (exact) mass is 298 g/mol. The van der Waals surface area contributed by atoms with Crippen LogP contribution in [0.1, 0.15) is 40.5 Å². The van der Waals surface area contributed by atoms with Gasteiger partial charge in [-0.3, -0.25) is 9.89 Å². The third-order valence-corrected chi connectivity index (χ3v) is 3.78. The average molecular weight is 298 g/mol. The molecule has 2 N–H and O–H groups in total. The highest BCUT2D eigenvalue weighted by atomic mass is 16.5. The average Bonchev–Trinajstić information content (AvgIpc) is 2.49. The maximum Gasteiger partial charge on any atom is 0.191 e. The first-order valence-electron chi connectivity index (χ1n) is 8.47. The minimum atomic E-state index is 0.472. The van der Waals surface area contributed by atoms with Crippen molar-refractivity contribution < 1.29 is 4.74 Å². The van der Waals surface area contributed by atoms with E-state index in [0.29, 0.717) is 6.04 Å². The van der Waals surface area contributed by atoms with Crippen molar-refractivity contribution in [2.24, 2.45) is 10.9 Å². The predicted molar refractivity (Wildman–Crippen MR) is 89.9 cm³/mol. The Hall–Kier alpha value is -0.810. The van der Waals surface area contributed by atoms with Crippen molar-refractivity contribution in [3.63, 3.8) is 0 Å². The highest BCUT2D eigenvalue weighted by Gasteiger charge is 2.16. The summed E-state index contributed by atoms with van der Waals surface area (Å²) in [5.41, 5.74) is 0. The van der Waals surface area contributed by atoms with E-state index in [1.807, 2.05) is 0 Å². The Labute approximate surface area is 130 Å². The van der Waals surface area contributed by atoms with Crippen LogP contribution in [0.5, 0.6) is 0 Å². The summed E-state index contributed by atoms with van der Waals surface area (Å²) in [7, 11) is 0. The second-order valence-corrected chi connectivity index (χ2v) is 6.18. The molecule has 1 saturated heterocycles. The van der Waals surface area contributed by atoms with Gasteiger partial charge in [-0.1, -0.05) is 13.8 Å². The molecule has 1 heterocycles. The molecule has 0 aromatic heterocycles. The van der Waals surface area contributed by atoms with E-state index in [1.54, 1.807) is 0 Å². The van der Waals surface area contributed by atoms with Gasteiger partial charge in [-0.15, -0.1) is 0 Å². The molecule has 0 aromatic rings. The SMILES string of the molecule is CCNC(=NCC(C)N1CCOCC1)NCCCC(C)C. The van der Waals surface area contributed by atoms with Crippen molar-refractivity contribution in [1.82, 2.24) is 15.5 Å². The van der Waals surface area contributed by atoms with Gasteiger partial charge in [0.2, 0.25) is 0 Å². The summed E-state index contributed by atoms with van der Waals surface area (Å²) in [5, 5.41) is 6.75. The number of hydrogen-bond donors (Lipinski definition) is 2. The smallest absolute Gasteiger partial charge is 0.191 e. The Balaban J connectivity index is 2.31. The zero-order valence-electron chi connectivity index (χ0n) is 14.3. The van der Waals surface area contributed by atoms with Crippen LogP contribution in [0.4, 0.5) is 0 Å². The molecule has 124 valence electrons. The lowest BCUT2D eigenvalue weighted by Gasteiger charge is -2.31. The van der Waals surface area contributed by atoms with Gasteiger partial charge in [-0.2, -0.15) is 0 Å². The standard InChI is InChI=1S/C16H34N4O/c1-5-17-16(18-8-6-7-14(2)3)19-13-15(4)20-9-11-21-12-10-20/h14-15H,5-13H2,1-4H3,(H2,17,18,19). The normalized spacial score (nSPS) is 18.8. The largest absolute Gasteiger partial charge is 0.379 e. The number of rotatable bonds is 8. The highest BCUT2D eigenvalue weighted by molar-refractivity contribution is 5.79. The van der Waals surface area contributed by atoms with Crippen LogP contribution in [-0.4, -0.2) is 62.8 Å². The molecule has 0 saturated carbocycles. The topological polar surface area (TPSA) is 48.9 Å². The van der Waals surface area contributed by atoms with Crippen LogP contribution < -0.4 is 10.6 Å². The molecule has 1 atom stereocenters. The number of morpholine rings is 1. The third kappa shape index (κ3) is 8.27. The van der Waals surface area contributed by atoms with Crippen molar-refractivity contribution in [3.8, 4) is 0 Å². The second kappa shape index (κ2) is 10.9. The van der Waals surface area contributed by atoms with Crippen LogP contribution in [-0.2, 0) is 4.74 Å². The Bertz CT molecular complexity index is 288. The quantitative estimate of drug-likeness (QED) is 0.407. The van der Waals surface area contributed by atoms with Crippen LogP contribution in [0.2, 0.25) is 0 Å². The summed E-state index contributed by atoms with van der Waals surface area (Å²) < 4.78 is 5.40. The van der Waals surface area contributed by atoms with Crippen LogP contribution in [0.25, 0.3) is 0 Å². The van der Waals surface area contributed by atoms with Gasteiger partial charge in [0.1, 0.15) is 0 Å². The molecule has 0 aromatic carbocycles. The van der Waals surface area contributed by atoms with Gasteiger partial charge < -0.3 is 15.4 Å². The van der Waals surface area contributed by atoms with Crippen LogP contribution in [0, 0.1) is 5.92 Å². The molecule has 0 bridgehead atoms. The predicted octanol–water partition coefficient (Wildman–Crippen LogP) is 1.70. The van der Waals surface area contributed by atoms with Crippen LogP contribution in [0.3, 0.4) is 0 Å². The number of guanidine groups is 1. The van der Waals surface area contributed by atoms with Crippen LogP contribution in [0.15, 0.2) is 4.99 Å². The number of nitrogens with zero attached hydrogens (tertiary/aromatic N) is 2. The van der Waals surface area contributed by atoms with E-state index in [-0.39, 0.29) is 0 Å². The molecule has 1 rings (SSSR count). The summed E-state index contributed by atoms with van der Waals surface area (Å²) in [6.07, 6.45) is 2.46. The molecule has 0 aliphatic carbocycles. The Kier molecular flexibility index (Phi) is 9.42. The fourth-order valence-electron chi connectivity index (χ4n) is 2.42. The molecule has 0 radical (unpaired) electrons. The number of nitrogens with one attached hydrogen (secondary N) is 2. The second-order valence-electron chi connectivity index (χ2n) is 6.18. The van der Waals surface area contributed by atoms with Gasteiger partial charge in [0.15, 0.2) is 5.96 Å². The van der Waals surface area contributed by atoms with E-state index < -0.39 is 0 Å². The molecule has 1 unspecified atom stereocenters. The van der Waals surface area contributed by atoms with Crippen molar-refractivity contribution in [2.75, 3.05) is 45.9 Å². The molecular weight excluding hydrogens is 264 g/mol. The van der Waals surface area contributed by atoms with Gasteiger partial charge in [0.05, 0.1) is 19.8 Å². The maximum atomic E-state index is 5.40. The number of hydrogen-bond acceptors (Lipinski definition) is 3. The number of aliphatic imine (C=N–C) groups is 1. The third-order valence-electron chi connectivity index (χ3n) is 3.78. The molecule has 1 aliphatic rings. The van der Waals surface area contributed by atoms with E-state index in [9.17, 15) is 0 Å². The van der Waals surface area contributed by atoms with Crippen molar-refractivity contribution >= 4 is 5.96 Å². The highest BCUT2D eigenvalue weighted by Crippen LogP contribution is 2.04. The molecule has 0 spiro atoms. The van der Waals surface area contributed by atoms with E-state index in [4.69, 9.17) is 9.73 Å². The molecule has 0 amide bonds. The first kappa shape index (κ1) is 18.2. The van der Waals surface area contributed by atoms with Crippen molar-refractivity contribution in [1.29, 1.82) is 0 Å². The first-order valence-corrected chi connectivity index (χ1v) is 8.47.